The molecule has 2 N–H and O–H groups in total. The van der Waals surface area contributed by atoms with Crippen molar-refractivity contribution >= 4 is 5.91 Å². The fourth-order valence-electron chi connectivity index (χ4n) is 2.50. The van der Waals surface area contributed by atoms with Crippen molar-refractivity contribution in [3.63, 3.8) is 0 Å². The highest BCUT2D eigenvalue weighted by molar-refractivity contribution is 5.94. The van der Waals surface area contributed by atoms with E-state index in [-0.39, 0.29) is 24.1 Å². The van der Waals surface area contributed by atoms with Crippen molar-refractivity contribution in [3.8, 4) is 0 Å². The van der Waals surface area contributed by atoms with Crippen LogP contribution in [0.1, 0.15) is 35.2 Å². The van der Waals surface area contributed by atoms with Gasteiger partial charge in [0, 0.05) is 18.6 Å². The topological polar surface area (TPSA) is 49.3 Å². The lowest BCUT2D eigenvalue weighted by atomic mass is 10.0. The molecule has 0 radical (unpaired) electrons. The zero-order chi connectivity index (χ0) is 13.1. The molecule has 0 spiro atoms. The minimum atomic E-state index is -0.494. The predicted octanol–water partition coefficient (Wildman–Crippen LogP) is 2.02. The van der Waals surface area contributed by atoms with E-state index >= 15 is 0 Å². The molecule has 1 aliphatic rings. The van der Waals surface area contributed by atoms with Crippen molar-refractivity contribution in [1.29, 1.82) is 0 Å². The van der Waals surface area contributed by atoms with Crippen molar-refractivity contribution in [2.45, 2.75) is 32.2 Å². The summed E-state index contributed by atoms with van der Waals surface area (Å²) >= 11 is 0. The maximum atomic E-state index is 13.6. The Morgan fingerprint density at radius 2 is 2.28 bits per heavy atom. The summed E-state index contributed by atoms with van der Waals surface area (Å²) in [4.78, 5) is 12.0. The molecule has 98 valence electrons. The Labute approximate surface area is 106 Å². The Bertz CT molecular complexity index is 447. The summed E-state index contributed by atoms with van der Waals surface area (Å²) in [6.45, 7) is 1.85. The standard InChI is InChI=1S/C14H18FNO2/c1-9-5-6-11(12(15)7-9)14(18)16-13-4-2-3-10(13)8-17/h5-7,10,13,17H,2-4,8H2,1H3,(H,16,18). The van der Waals surface area contributed by atoms with Crippen LogP contribution < -0.4 is 5.32 Å². The molecule has 0 heterocycles. The average Bonchev–Trinajstić information content (AvgIpc) is 2.76. The Balaban J connectivity index is 2.07. The van der Waals surface area contributed by atoms with E-state index in [4.69, 9.17) is 0 Å². The van der Waals surface area contributed by atoms with Crippen LogP contribution in [0.2, 0.25) is 0 Å². The van der Waals surface area contributed by atoms with Crippen LogP contribution in [0.15, 0.2) is 18.2 Å². The van der Waals surface area contributed by atoms with Crippen molar-refractivity contribution in [3.05, 3.63) is 35.1 Å². The first-order valence-corrected chi connectivity index (χ1v) is 6.29. The molecule has 1 aromatic rings. The van der Waals surface area contributed by atoms with E-state index < -0.39 is 11.7 Å². The van der Waals surface area contributed by atoms with Gasteiger partial charge in [0.25, 0.3) is 5.91 Å². The molecule has 1 aromatic carbocycles. The normalized spacial score (nSPS) is 23.1. The van der Waals surface area contributed by atoms with Crippen LogP contribution in [0, 0.1) is 18.7 Å². The van der Waals surface area contributed by atoms with Crippen LogP contribution in [0.4, 0.5) is 4.39 Å². The SMILES string of the molecule is Cc1ccc(C(=O)NC2CCCC2CO)c(F)c1. The third kappa shape index (κ3) is 2.70. The van der Waals surface area contributed by atoms with Gasteiger partial charge in [0.05, 0.1) is 5.56 Å². The molecule has 3 nitrogen and oxygen atoms in total. The molecule has 0 aromatic heterocycles. The second kappa shape index (κ2) is 5.48. The van der Waals surface area contributed by atoms with E-state index in [2.05, 4.69) is 5.32 Å². The highest BCUT2D eigenvalue weighted by Gasteiger charge is 2.28. The molecule has 0 bridgehead atoms. The zero-order valence-electron chi connectivity index (χ0n) is 10.4. The number of aliphatic hydroxyl groups is 1. The number of rotatable bonds is 3. The summed E-state index contributed by atoms with van der Waals surface area (Å²) in [5.74, 6) is -0.786. The minimum absolute atomic E-state index is 0.0387. The largest absolute Gasteiger partial charge is 0.396 e. The molecule has 18 heavy (non-hydrogen) atoms. The first kappa shape index (κ1) is 13.0. The van der Waals surface area contributed by atoms with Crippen molar-refractivity contribution in [2.75, 3.05) is 6.61 Å². The van der Waals surface area contributed by atoms with Crippen LogP contribution in [0.3, 0.4) is 0 Å². The summed E-state index contributed by atoms with van der Waals surface area (Å²) in [5.41, 5.74) is 0.863. The summed E-state index contributed by atoms with van der Waals surface area (Å²) in [6.07, 6.45) is 2.76. The number of hydrogen-bond donors (Lipinski definition) is 2. The van der Waals surface area contributed by atoms with Gasteiger partial charge < -0.3 is 10.4 Å². The zero-order valence-corrected chi connectivity index (χ0v) is 10.4. The number of nitrogens with one attached hydrogen (secondary N) is 1. The van der Waals surface area contributed by atoms with Gasteiger partial charge in [-0.05, 0) is 37.5 Å². The Hall–Kier alpha value is -1.42. The number of carbonyl (C=O) groups is 1. The second-order valence-corrected chi connectivity index (χ2v) is 4.94. The van der Waals surface area contributed by atoms with Crippen LogP contribution in [0.5, 0.6) is 0 Å². The molecule has 1 fully saturated rings. The van der Waals surface area contributed by atoms with E-state index in [9.17, 15) is 14.3 Å². The highest BCUT2D eigenvalue weighted by Crippen LogP contribution is 2.25. The van der Waals surface area contributed by atoms with Crippen molar-refractivity contribution < 1.29 is 14.3 Å². The molecule has 0 aliphatic heterocycles. The third-order valence-corrected chi connectivity index (χ3v) is 3.58. The van der Waals surface area contributed by atoms with Gasteiger partial charge >= 0.3 is 0 Å². The minimum Gasteiger partial charge on any atom is -0.396 e. The van der Waals surface area contributed by atoms with E-state index in [0.29, 0.717) is 0 Å². The van der Waals surface area contributed by atoms with E-state index in [1.807, 2.05) is 0 Å². The van der Waals surface area contributed by atoms with E-state index in [1.54, 1.807) is 13.0 Å². The number of benzene rings is 1. The summed E-state index contributed by atoms with van der Waals surface area (Å²) in [6, 6.07) is 4.54. The van der Waals surface area contributed by atoms with Gasteiger partial charge in [0.2, 0.25) is 0 Å². The molecule has 4 heteroatoms. The molecule has 2 rings (SSSR count). The third-order valence-electron chi connectivity index (χ3n) is 3.58. The van der Waals surface area contributed by atoms with E-state index in [1.165, 1.54) is 12.1 Å². The second-order valence-electron chi connectivity index (χ2n) is 4.94. The number of halogens is 1. The first-order chi connectivity index (χ1) is 8.61. The van der Waals surface area contributed by atoms with Crippen molar-refractivity contribution in [2.24, 2.45) is 5.92 Å². The molecule has 0 saturated heterocycles. The number of carbonyl (C=O) groups excluding carboxylic acids is 1. The summed E-state index contributed by atoms with van der Waals surface area (Å²) in [7, 11) is 0. The first-order valence-electron chi connectivity index (χ1n) is 6.29. The molecule has 2 atom stereocenters. The Kier molecular flexibility index (Phi) is 3.97. The van der Waals surface area contributed by atoms with Gasteiger partial charge in [-0.2, -0.15) is 0 Å². The maximum absolute atomic E-state index is 13.6. The van der Waals surface area contributed by atoms with Gasteiger partial charge in [-0.3, -0.25) is 4.79 Å². The Morgan fingerprint density at radius 3 is 2.94 bits per heavy atom. The fraction of sp³-hybridized carbons (Fsp3) is 0.500. The van der Waals surface area contributed by atoms with Gasteiger partial charge in [-0.15, -0.1) is 0 Å². The quantitative estimate of drug-likeness (QED) is 0.863. The molecule has 1 amide bonds. The Morgan fingerprint density at radius 1 is 1.50 bits per heavy atom. The van der Waals surface area contributed by atoms with Gasteiger partial charge in [0.1, 0.15) is 5.82 Å². The molecule has 2 unspecified atom stereocenters. The van der Waals surface area contributed by atoms with E-state index in [0.717, 1.165) is 24.8 Å². The molecular formula is C14H18FNO2. The monoisotopic (exact) mass is 251 g/mol. The molecule has 1 aliphatic carbocycles. The maximum Gasteiger partial charge on any atom is 0.254 e. The number of hydrogen-bond acceptors (Lipinski definition) is 2. The van der Waals surface area contributed by atoms with Gasteiger partial charge in [-0.25, -0.2) is 4.39 Å². The van der Waals surface area contributed by atoms with Gasteiger partial charge in [0.15, 0.2) is 0 Å². The predicted molar refractivity (Wildman–Crippen MR) is 66.8 cm³/mol. The van der Waals surface area contributed by atoms with Crippen LogP contribution in [-0.2, 0) is 0 Å². The lowest BCUT2D eigenvalue weighted by Crippen LogP contribution is -2.38. The van der Waals surface area contributed by atoms with Crippen LogP contribution in [0.25, 0.3) is 0 Å². The van der Waals surface area contributed by atoms with Gasteiger partial charge in [-0.1, -0.05) is 12.5 Å². The lowest BCUT2D eigenvalue weighted by molar-refractivity contribution is 0.0912. The van der Waals surface area contributed by atoms with Crippen LogP contribution in [-0.4, -0.2) is 23.7 Å². The fourth-order valence-corrected chi connectivity index (χ4v) is 2.50. The molecular weight excluding hydrogens is 233 g/mol. The number of amides is 1. The lowest BCUT2D eigenvalue weighted by Gasteiger charge is -2.19. The summed E-state index contributed by atoms with van der Waals surface area (Å²) < 4.78 is 13.6. The highest BCUT2D eigenvalue weighted by atomic mass is 19.1. The summed E-state index contributed by atoms with van der Waals surface area (Å²) in [5, 5.41) is 12.0. The molecule has 1 saturated carbocycles. The smallest absolute Gasteiger partial charge is 0.254 e. The van der Waals surface area contributed by atoms with Crippen molar-refractivity contribution in [1.82, 2.24) is 5.32 Å². The number of aliphatic hydroxyl groups excluding tert-OH is 1. The average molecular weight is 251 g/mol. The van der Waals surface area contributed by atoms with Crippen LogP contribution >= 0.6 is 0 Å². The number of aryl methyl sites for hydroxylation is 1.